The smallest absolute Gasteiger partial charge is 0.0195 e. The minimum Gasteiger partial charge on any atom is -0.325 e. The summed E-state index contributed by atoms with van der Waals surface area (Å²) in [4.78, 5) is 0. The van der Waals surface area contributed by atoms with Gasteiger partial charge in [-0.2, -0.15) is 0 Å². The Morgan fingerprint density at radius 2 is 1.67 bits per heavy atom. The molecular formula is C17H27N. The minimum atomic E-state index is 0.0309. The normalized spacial score (nSPS) is 29.2. The third kappa shape index (κ3) is 3.35. The first-order valence-corrected chi connectivity index (χ1v) is 7.22. The van der Waals surface area contributed by atoms with Crippen molar-refractivity contribution < 1.29 is 0 Å². The molecule has 1 saturated carbocycles. The highest BCUT2D eigenvalue weighted by molar-refractivity contribution is 5.18. The van der Waals surface area contributed by atoms with Gasteiger partial charge in [0.25, 0.3) is 0 Å². The first kappa shape index (κ1) is 13.6. The molecule has 0 radical (unpaired) electrons. The first-order chi connectivity index (χ1) is 8.39. The third-order valence-electron chi connectivity index (χ3n) is 4.61. The maximum absolute atomic E-state index is 6.60. The maximum Gasteiger partial charge on any atom is 0.0195 e. The van der Waals surface area contributed by atoms with Crippen LogP contribution in [0.3, 0.4) is 0 Å². The van der Waals surface area contributed by atoms with E-state index in [0.717, 1.165) is 12.3 Å². The third-order valence-corrected chi connectivity index (χ3v) is 4.61. The molecule has 1 aliphatic rings. The number of nitrogens with two attached hydrogens (primary N) is 1. The van der Waals surface area contributed by atoms with E-state index in [0.29, 0.717) is 5.41 Å². The number of hydrogen-bond donors (Lipinski definition) is 1. The van der Waals surface area contributed by atoms with Crippen LogP contribution in [-0.2, 0) is 6.42 Å². The Balaban J connectivity index is 1.95. The van der Waals surface area contributed by atoms with Gasteiger partial charge in [0.2, 0.25) is 0 Å². The Morgan fingerprint density at radius 1 is 1.11 bits per heavy atom. The molecule has 0 aromatic heterocycles. The van der Waals surface area contributed by atoms with E-state index in [2.05, 4.69) is 51.1 Å². The summed E-state index contributed by atoms with van der Waals surface area (Å²) in [5, 5.41) is 0. The summed E-state index contributed by atoms with van der Waals surface area (Å²) < 4.78 is 0. The lowest BCUT2D eigenvalue weighted by molar-refractivity contribution is 0.134. The second-order valence-corrected chi connectivity index (χ2v) is 7.17. The Morgan fingerprint density at radius 3 is 2.17 bits per heavy atom. The van der Waals surface area contributed by atoms with E-state index in [4.69, 9.17) is 5.73 Å². The fourth-order valence-electron chi connectivity index (χ4n) is 3.24. The monoisotopic (exact) mass is 245 g/mol. The molecule has 18 heavy (non-hydrogen) atoms. The quantitative estimate of drug-likeness (QED) is 0.831. The van der Waals surface area contributed by atoms with Gasteiger partial charge in [-0.1, -0.05) is 51.1 Å². The maximum atomic E-state index is 6.60. The van der Waals surface area contributed by atoms with Crippen LogP contribution in [0.5, 0.6) is 0 Å². The summed E-state index contributed by atoms with van der Waals surface area (Å²) in [6, 6.07) is 10.7. The van der Waals surface area contributed by atoms with Crippen molar-refractivity contribution in [2.45, 2.75) is 58.4 Å². The molecule has 1 fully saturated rings. The molecule has 0 aliphatic heterocycles. The van der Waals surface area contributed by atoms with Gasteiger partial charge in [-0.05, 0) is 49.0 Å². The predicted octanol–water partition coefficient (Wildman–Crippen LogP) is 4.16. The Hall–Kier alpha value is -0.820. The van der Waals surface area contributed by atoms with E-state index in [1.807, 2.05) is 0 Å². The van der Waals surface area contributed by atoms with Crippen molar-refractivity contribution in [1.82, 2.24) is 0 Å². The van der Waals surface area contributed by atoms with E-state index in [1.54, 1.807) is 0 Å². The molecule has 1 nitrogen and oxygen atoms in total. The van der Waals surface area contributed by atoms with Crippen molar-refractivity contribution in [1.29, 1.82) is 0 Å². The van der Waals surface area contributed by atoms with Crippen molar-refractivity contribution in [3.05, 3.63) is 35.9 Å². The summed E-state index contributed by atoms with van der Waals surface area (Å²) in [7, 11) is 0. The van der Waals surface area contributed by atoms with Crippen LogP contribution in [-0.4, -0.2) is 5.54 Å². The zero-order valence-corrected chi connectivity index (χ0v) is 12.1. The molecule has 0 saturated heterocycles. The minimum absolute atomic E-state index is 0.0309. The van der Waals surface area contributed by atoms with Crippen molar-refractivity contribution in [2.24, 2.45) is 17.1 Å². The summed E-state index contributed by atoms with van der Waals surface area (Å²) in [5.41, 5.74) is 8.45. The standard InChI is InChI=1S/C17H27N/c1-16(2,3)15-9-11-17(18,12-10-15)13-14-7-5-4-6-8-14/h4-8,15H,9-13,18H2,1-3H3. The molecule has 0 unspecified atom stereocenters. The van der Waals surface area contributed by atoms with Crippen LogP contribution in [0.15, 0.2) is 30.3 Å². The van der Waals surface area contributed by atoms with Crippen LogP contribution >= 0.6 is 0 Å². The van der Waals surface area contributed by atoms with Gasteiger partial charge in [-0.15, -0.1) is 0 Å². The topological polar surface area (TPSA) is 26.0 Å². The highest BCUT2D eigenvalue weighted by atomic mass is 14.7. The molecule has 100 valence electrons. The van der Waals surface area contributed by atoms with E-state index >= 15 is 0 Å². The highest BCUT2D eigenvalue weighted by Crippen LogP contribution is 2.41. The molecule has 0 bridgehead atoms. The molecule has 0 amide bonds. The van der Waals surface area contributed by atoms with Crippen LogP contribution in [0.25, 0.3) is 0 Å². The molecule has 0 heterocycles. The molecule has 1 heteroatoms. The molecule has 2 rings (SSSR count). The van der Waals surface area contributed by atoms with Crippen LogP contribution in [0.2, 0.25) is 0 Å². The summed E-state index contributed by atoms with van der Waals surface area (Å²) >= 11 is 0. The van der Waals surface area contributed by atoms with Crippen LogP contribution < -0.4 is 5.73 Å². The Kier molecular flexibility index (Phi) is 3.82. The first-order valence-electron chi connectivity index (χ1n) is 7.22. The highest BCUT2D eigenvalue weighted by Gasteiger charge is 2.36. The summed E-state index contributed by atoms with van der Waals surface area (Å²) in [6.45, 7) is 7.08. The summed E-state index contributed by atoms with van der Waals surface area (Å²) in [6.07, 6.45) is 5.94. The summed E-state index contributed by atoms with van der Waals surface area (Å²) in [5.74, 6) is 0.838. The van der Waals surface area contributed by atoms with E-state index in [1.165, 1.54) is 31.2 Å². The lowest BCUT2D eigenvalue weighted by Gasteiger charge is -2.42. The van der Waals surface area contributed by atoms with Gasteiger partial charge in [0.15, 0.2) is 0 Å². The Labute approximate surface area is 112 Å². The largest absolute Gasteiger partial charge is 0.325 e. The molecule has 0 spiro atoms. The molecular weight excluding hydrogens is 218 g/mol. The number of rotatable bonds is 2. The Bertz CT molecular complexity index is 366. The zero-order chi connectivity index (χ0) is 13.2. The molecule has 1 aliphatic carbocycles. The van der Waals surface area contributed by atoms with E-state index in [-0.39, 0.29) is 5.54 Å². The predicted molar refractivity (Wildman–Crippen MR) is 78.5 cm³/mol. The van der Waals surface area contributed by atoms with Crippen LogP contribution in [0.1, 0.15) is 52.0 Å². The fourth-order valence-corrected chi connectivity index (χ4v) is 3.24. The lowest BCUT2D eigenvalue weighted by atomic mass is 9.66. The molecule has 2 N–H and O–H groups in total. The van der Waals surface area contributed by atoms with Gasteiger partial charge in [0.05, 0.1) is 0 Å². The van der Waals surface area contributed by atoms with Gasteiger partial charge in [0.1, 0.15) is 0 Å². The molecule has 0 atom stereocenters. The van der Waals surface area contributed by atoms with Crippen molar-refractivity contribution in [3.8, 4) is 0 Å². The van der Waals surface area contributed by atoms with Crippen molar-refractivity contribution >= 4 is 0 Å². The SMILES string of the molecule is CC(C)(C)C1CCC(N)(Cc2ccccc2)CC1. The van der Waals surface area contributed by atoms with Gasteiger partial charge in [-0.25, -0.2) is 0 Å². The average molecular weight is 245 g/mol. The average Bonchev–Trinajstić information content (AvgIpc) is 2.29. The second-order valence-electron chi connectivity index (χ2n) is 7.17. The molecule has 1 aromatic carbocycles. The van der Waals surface area contributed by atoms with Crippen LogP contribution in [0, 0.1) is 11.3 Å². The van der Waals surface area contributed by atoms with E-state index in [9.17, 15) is 0 Å². The van der Waals surface area contributed by atoms with Crippen molar-refractivity contribution in [3.63, 3.8) is 0 Å². The lowest BCUT2D eigenvalue weighted by Crippen LogP contribution is -2.46. The van der Waals surface area contributed by atoms with E-state index < -0.39 is 0 Å². The van der Waals surface area contributed by atoms with Gasteiger partial charge < -0.3 is 5.73 Å². The van der Waals surface area contributed by atoms with Crippen LogP contribution in [0.4, 0.5) is 0 Å². The van der Waals surface area contributed by atoms with Crippen molar-refractivity contribution in [2.75, 3.05) is 0 Å². The fraction of sp³-hybridized carbons (Fsp3) is 0.647. The number of benzene rings is 1. The second kappa shape index (κ2) is 5.05. The van der Waals surface area contributed by atoms with Gasteiger partial charge >= 0.3 is 0 Å². The zero-order valence-electron chi connectivity index (χ0n) is 12.1. The van der Waals surface area contributed by atoms with Gasteiger partial charge in [0, 0.05) is 5.54 Å². The number of hydrogen-bond acceptors (Lipinski definition) is 1. The molecule has 1 aromatic rings. The van der Waals surface area contributed by atoms with Gasteiger partial charge in [-0.3, -0.25) is 0 Å².